The molecule has 2 aromatic carbocycles. The molecule has 1 N–H and O–H groups in total. The highest BCUT2D eigenvalue weighted by Gasteiger charge is 2.28. The van der Waals surface area contributed by atoms with E-state index in [9.17, 15) is 0 Å². The largest absolute Gasteiger partial charge is 0.288 e. The molecule has 2 aliphatic rings. The molecule has 2 aromatic rings. The van der Waals surface area contributed by atoms with Crippen molar-refractivity contribution in [2.24, 2.45) is 10.2 Å². The first-order valence-corrected chi connectivity index (χ1v) is 8.94. The van der Waals surface area contributed by atoms with Gasteiger partial charge in [0, 0.05) is 17.2 Å². The van der Waals surface area contributed by atoms with Crippen LogP contribution in [0, 0.1) is 0 Å². The van der Waals surface area contributed by atoms with Crippen LogP contribution < -0.4 is 5.32 Å². The molecule has 0 aromatic heterocycles. The summed E-state index contributed by atoms with van der Waals surface area (Å²) >= 11 is 0. The Kier molecular flexibility index (Phi) is 4.52. The van der Waals surface area contributed by atoms with Gasteiger partial charge in [0.15, 0.2) is 0 Å². The van der Waals surface area contributed by atoms with Crippen LogP contribution >= 0.6 is 0 Å². The summed E-state index contributed by atoms with van der Waals surface area (Å²) in [5.41, 5.74) is 4.53. The van der Waals surface area contributed by atoms with Crippen molar-refractivity contribution in [1.82, 2.24) is 5.32 Å². The molecule has 1 aliphatic carbocycles. The lowest BCUT2D eigenvalue weighted by molar-refractivity contribution is 0.360. The van der Waals surface area contributed by atoms with E-state index < -0.39 is 0 Å². The summed E-state index contributed by atoms with van der Waals surface area (Å²) in [7, 11) is 0. The smallest absolute Gasteiger partial charge is 0.150 e. The Balaban J connectivity index is 1.69. The molecule has 0 radical (unpaired) electrons. The highest BCUT2D eigenvalue weighted by molar-refractivity contribution is 5.93. The quantitative estimate of drug-likeness (QED) is 0.819. The van der Waals surface area contributed by atoms with Crippen molar-refractivity contribution < 1.29 is 0 Å². The van der Waals surface area contributed by atoms with Crippen molar-refractivity contribution in [2.45, 2.75) is 44.3 Å². The van der Waals surface area contributed by atoms with Crippen molar-refractivity contribution in [3.8, 4) is 0 Å². The molecule has 1 unspecified atom stereocenters. The van der Waals surface area contributed by atoms with Crippen molar-refractivity contribution in [1.29, 1.82) is 0 Å². The fourth-order valence-corrected chi connectivity index (χ4v) is 3.69. The first kappa shape index (κ1) is 15.3. The Morgan fingerprint density at radius 2 is 1.38 bits per heavy atom. The first-order chi connectivity index (χ1) is 11.9. The highest BCUT2D eigenvalue weighted by Crippen LogP contribution is 2.36. The van der Waals surface area contributed by atoms with Gasteiger partial charge in [0.1, 0.15) is 6.17 Å². The van der Waals surface area contributed by atoms with Gasteiger partial charge >= 0.3 is 0 Å². The summed E-state index contributed by atoms with van der Waals surface area (Å²) < 4.78 is 0. The lowest BCUT2D eigenvalue weighted by Crippen LogP contribution is -2.38. The van der Waals surface area contributed by atoms with Gasteiger partial charge in [-0.05, 0) is 18.4 Å². The Labute approximate surface area is 143 Å². The van der Waals surface area contributed by atoms with E-state index in [1.165, 1.54) is 43.2 Å². The second-order valence-corrected chi connectivity index (χ2v) is 6.61. The minimum Gasteiger partial charge on any atom is -0.288 e. The number of hydrogen-bond donors (Lipinski definition) is 1. The van der Waals surface area contributed by atoms with E-state index in [1.54, 1.807) is 0 Å². The number of nitrogens with zero attached hydrogens (tertiary/aromatic N) is 2. The number of hydrogen-bond acceptors (Lipinski definition) is 3. The Bertz CT molecular complexity index is 728. The van der Waals surface area contributed by atoms with Crippen LogP contribution in [0.5, 0.6) is 0 Å². The third-order valence-electron chi connectivity index (χ3n) is 4.93. The summed E-state index contributed by atoms with van der Waals surface area (Å²) in [5.74, 6) is 0. The van der Waals surface area contributed by atoms with Crippen LogP contribution in [0.1, 0.15) is 43.2 Å². The molecule has 4 rings (SSSR count). The molecule has 3 nitrogen and oxygen atoms in total. The monoisotopic (exact) mass is 317 g/mol. The molecule has 1 saturated carbocycles. The van der Waals surface area contributed by atoms with Gasteiger partial charge in [-0.1, -0.05) is 79.9 Å². The van der Waals surface area contributed by atoms with Crippen molar-refractivity contribution in [3.05, 3.63) is 71.8 Å². The molecule has 0 bridgehead atoms. The summed E-state index contributed by atoms with van der Waals surface area (Å²) in [5, 5.41) is 12.9. The second-order valence-electron chi connectivity index (χ2n) is 6.61. The van der Waals surface area contributed by atoms with Gasteiger partial charge in [0.2, 0.25) is 0 Å². The highest BCUT2D eigenvalue weighted by atomic mass is 15.3. The van der Waals surface area contributed by atoms with Crippen LogP contribution in [0.4, 0.5) is 0 Å². The van der Waals surface area contributed by atoms with Gasteiger partial charge in [0.25, 0.3) is 0 Å². The maximum atomic E-state index is 4.59. The van der Waals surface area contributed by atoms with Gasteiger partial charge in [-0.3, -0.25) is 5.32 Å². The Morgan fingerprint density at radius 1 is 0.750 bits per heavy atom. The molecule has 24 heavy (non-hydrogen) atoms. The zero-order valence-corrected chi connectivity index (χ0v) is 13.9. The van der Waals surface area contributed by atoms with Crippen LogP contribution in [-0.2, 0) is 0 Å². The summed E-state index contributed by atoms with van der Waals surface area (Å²) in [6.07, 6.45) is 6.45. The van der Waals surface area contributed by atoms with E-state index in [-0.39, 0.29) is 6.17 Å². The van der Waals surface area contributed by atoms with Crippen LogP contribution in [0.3, 0.4) is 0 Å². The SMILES string of the molecule is c1ccc(C2=C(c3ccccc3)C(NC3CCCCC3)N=N2)cc1. The van der Waals surface area contributed by atoms with E-state index in [1.807, 2.05) is 6.07 Å². The Hall–Kier alpha value is -2.26. The Morgan fingerprint density at radius 3 is 2.04 bits per heavy atom. The summed E-state index contributed by atoms with van der Waals surface area (Å²) in [6, 6.07) is 21.5. The van der Waals surface area contributed by atoms with Crippen LogP contribution in [0.25, 0.3) is 11.3 Å². The van der Waals surface area contributed by atoms with E-state index >= 15 is 0 Å². The topological polar surface area (TPSA) is 36.8 Å². The lowest BCUT2D eigenvalue weighted by Gasteiger charge is -2.26. The minimum absolute atomic E-state index is 0.0364. The number of nitrogens with one attached hydrogen (secondary N) is 1. The molecule has 1 heterocycles. The summed E-state index contributed by atoms with van der Waals surface area (Å²) in [4.78, 5) is 0. The van der Waals surface area contributed by atoms with Crippen LogP contribution in [0.15, 0.2) is 70.9 Å². The predicted octanol–water partition coefficient (Wildman–Crippen LogP) is 5.27. The molecule has 1 aliphatic heterocycles. The molecule has 122 valence electrons. The first-order valence-electron chi connectivity index (χ1n) is 8.94. The number of rotatable bonds is 4. The molecule has 0 saturated heterocycles. The molecular weight excluding hydrogens is 294 g/mol. The van der Waals surface area contributed by atoms with Crippen LogP contribution in [0.2, 0.25) is 0 Å². The van der Waals surface area contributed by atoms with Crippen LogP contribution in [-0.4, -0.2) is 12.2 Å². The molecule has 1 atom stereocenters. The maximum Gasteiger partial charge on any atom is 0.150 e. The van der Waals surface area contributed by atoms with Crippen molar-refractivity contribution >= 4 is 11.3 Å². The standard InChI is InChI=1S/C21H23N3/c1-4-10-16(11-5-1)19-20(17-12-6-2-7-13-17)23-24-21(19)22-18-14-8-3-9-15-18/h1-2,4-7,10-13,18,21-22H,3,8-9,14-15H2. The van der Waals surface area contributed by atoms with Crippen molar-refractivity contribution in [3.63, 3.8) is 0 Å². The zero-order valence-electron chi connectivity index (χ0n) is 13.9. The average molecular weight is 317 g/mol. The lowest BCUT2D eigenvalue weighted by atomic mass is 9.93. The fraction of sp³-hybridized carbons (Fsp3) is 0.333. The van der Waals surface area contributed by atoms with E-state index in [0.29, 0.717) is 6.04 Å². The van der Waals surface area contributed by atoms with Gasteiger partial charge in [-0.25, -0.2) is 0 Å². The molecule has 3 heteroatoms. The number of azo groups is 1. The van der Waals surface area contributed by atoms with Gasteiger partial charge < -0.3 is 0 Å². The second kappa shape index (κ2) is 7.10. The zero-order chi connectivity index (χ0) is 16.2. The van der Waals surface area contributed by atoms with Gasteiger partial charge in [-0.2, -0.15) is 10.2 Å². The molecular formula is C21H23N3. The maximum absolute atomic E-state index is 4.59. The van der Waals surface area contributed by atoms with Crippen molar-refractivity contribution in [2.75, 3.05) is 0 Å². The molecule has 0 amide bonds. The van der Waals surface area contributed by atoms with Gasteiger partial charge in [-0.15, -0.1) is 0 Å². The normalized spacial score (nSPS) is 21.4. The third-order valence-corrected chi connectivity index (χ3v) is 4.93. The average Bonchev–Trinajstić information content (AvgIpc) is 3.07. The van der Waals surface area contributed by atoms with E-state index in [4.69, 9.17) is 0 Å². The van der Waals surface area contributed by atoms with E-state index in [0.717, 1.165) is 11.3 Å². The molecule has 1 fully saturated rings. The fourth-order valence-electron chi connectivity index (χ4n) is 3.69. The van der Waals surface area contributed by atoms with Gasteiger partial charge in [0.05, 0.1) is 5.70 Å². The summed E-state index contributed by atoms with van der Waals surface area (Å²) in [6.45, 7) is 0. The minimum atomic E-state index is -0.0364. The van der Waals surface area contributed by atoms with E-state index in [2.05, 4.69) is 70.1 Å². The number of benzene rings is 2. The predicted molar refractivity (Wildman–Crippen MR) is 98.4 cm³/mol. The molecule has 0 spiro atoms. The third kappa shape index (κ3) is 3.17.